The van der Waals surface area contributed by atoms with E-state index >= 15 is 0 Å². The van der Waals surface area contributed by atoms with Crippen LogP contribution in [0.5, 0.6) is 0 Å². The highest BCUT2D eigenvalue weighted by Crippen LogP contribution is 2.43. The summed E-state index contributed by atoms with van der Waals surface area (Å²) in [5.41, 5.74) is 0. The van der Waals surface area contributed by atoms with Gasteiger partial charge in [0.15, 0.2) is 6.71 Å². The van der Waals surface area contributed by atoms with Gasteiger partial charge in [-0.05, 0) is 27.7 Å². The molecule has 1 saturated heterocycles. The molecule has 2 nitrogen and oxygen atoms in total. The highest BCUT2D eigenvalue weighted by atomic mass is 15.4. The van der Waals surface area contributed by atoms with E-state index in [-0.39, 0.29) is 0 Å². The SMILES string of the molecule is CCCC1CCCC(C)B1C1N(C(C)C)C=CN1C(C)C. The van der Waals surface area contributed by atoms with E-state index in [0.717, 1.165) is 18.3 Å². The molecule has 2 aliphatic heterocycles. The molecular weight excluding hydrogens is 255 g/mol. The highest BCUT2D eigenvalue weighted by Gasteiger charge is 2.46. The minimum absolute atomic E-state index is 0.580. The van der Waals surface area contributed by atoms with Gasteiger partial charge in [0, 0.05) is 24.5 Å². The monoisotopic (exact) mass is 290 g/mol. The molecule has 0 aromatic carbocycles. The fourth-order valence-electron chi connectivity index (χ4n) is 4.63. The second kappa shape index (κ2) is 7.11. The van der Waals surface area contributed by atoms with Gasteiger partial charge in [0.1, 0.15) is 0 Å². The van der Waals surface area contributed by atoms with Crippen molar-refractivity contribution in [2.24, 2.45) is 0 Å². The smallest absolute Gasteiger partial charge is 0.199 e. The molecular formula is C18H35BN2. The lowest BCUT2D eigenvalue weighted by molar-refractivity contribution is 0.157. The van der Waals surface area contributed by atoms with Crippen LogP contribution in [0.25, 0.3) is 0 Å². The molecule has 2 atom stereocenters. The minimum Gasteiger partial charge on any atom is -0.361 e. The predicted molar refractivity (Wildman–Crippen MR) is 94.6 cm³/mol. The molecule has 0 aliphatic carbocycles. The molecule has 1 fully saturated rings. The lowest BCUT2D eigenvalue weighted by Crippen LogP contribution is -2.57. The maximum absolute atomic E-state index is 2.62. The lowest BCUT2D eigenvalue weighted by atomic mass is 9.28. The van der Waals surface area contributed by atoms with E-state index in [0.29, 0.717) is 18.1 Å². The first-order valence-electron chi connectivity index (χ1n) is 9.20. The Hall–Kier alpha value is -0.595. The van der Waals surface area contributed by atoms with Gasteiger partial charge in [0.25, 0.3) is 0 Å². The van der Waals surface area contributed by atoms with Crippen LogP contribution in [0.2, 0.25) is 11.6 Å². The molecule has 0 N–H and O–H groups in total. The quantitative estimate of drug-likeness (QED) is 0.658. The molecule has 120 valence electrons. The fraction of sp³-hybridized carbons (Fsp3) is 0.889. The summed E-state index contributed by atoms with van der Waals surface area (Å²) in [5, 5.41) is 0. The molecule has 0 spiro atoms. The Morgan fingerprint density at radius 2 is 1.62 bits per heavy atom. The second-order valence-electron chi connectivity index (χ2n) is 7.83. The second-order valence-corrected chi connectivity index (χ2v) is 7.83. The maximum Gasteiger partial charge on any atom is 0.199 e. The van der Waals surface area contributed by atoms with Crippen molar-refractivity contribution in [3.8, 4) is 0 Å². The van der Waals surface area contributed by atoms with Crippen LogP contribution >= 0.6 is 0 Å². The summed E-state index contributed by atoms with van der Waals surface area (Å²) in [7, 11) is 0. The Balaban J connectivity index is 2.27. The van der Waals surface area contributed by atoms with E-state index in [1.54, 1.807) is 0 Å². The predicted octanol–water partition coefficient (Wildman–Crippen LogP) is 5.00. The third kappa shape index (κ3) is 3.43. The van der Waals surface area contributed by atoms with Crippen molar-refractivity contribution in [1.82, 2.24) is 9.80 Å². The first kappa shape index (κ1) is 16.8. The summed E-state index contributed by atoms with van der Waals surface area (Å²) in [6.07, 6.45) is 11.7. The molecule has 0 saturated carbocycles. The van der Waals surface area contributed by atoms with Gasteiger partial charge in [-0.2, -0.15) is 0 Å². The van der Waals surface area contributed by atoms with E-state index in [9.17, 15) is 0 Å². The summed E-state index contributed by atoms with van der Waals surface area (Å²) >= 11 is 0. The zero-order valence-electron chi connectivity index (χ0n) is 15.0. The van der Waals surface area contributed by atoms with Crippen LogP contribution in [0.15, 0.2) is 12.4 Å². The third-order valence-electron chi connectivity index (χ3n) is 5.65. The van der Waals surface area contributed by atoms with Gasteiger partial charge >= 0.3 is 0 Å². The summed E-state index contributed by atoms with van der Waals surface area (Å²) in [4.78, 5) is 5.24. The minimum atomic E-state index is 0.580. The topological polar surface area (TPSA) is 6.48 Å². The summed E-state index contributed by atoms with van der Waals surface area (Å²) in [6, 6.07) is 1.76. The van der Waals surface area contributed by atoms with Gasteiger partial charge in [-0.25, -0.2) is 0 Å². The maximum atomic E-state index is 2.62. The molecule has 0 bridgehead atoms. The van der Waals surface area contributed by atoms with Crippen molar-refractivity contribution in [1.29, 1.82) is 0 Å². The van der Waals surface area contributed by atoms with Gasteiger partial charge in [-0.15, -0.1) is 0 Å². The van der Waals surface area contributed by atoms with Crippen molar-refractivity contribution >= 4 is 6.71 Å². The standard InChI is InChI=1S/C18H35BN2/c1-7-9-17-11-8-10-16(6)19(17)18-20(14(2)3)12-13-21(18)15(4)5/h12-18H,7-11H2,1-6H3. The number of hydrogen-bond acceptors (Lipinski definition) is 2. The zero-order chi connectivity index (χ0) is 15.6. The molecule has 2 heterocycles. The van der Waals surface area contributed by atoms with Crippen LogP contribution in [0.4, 0.5) is 0 Å². The van der Waals surface area contributed by atoms with Crippen LogP contribution in [-0.4, -0.2) is 34.7 Å². The average molecular weight is 290 g/mol. The Labute approximate surface area is 133 Å². The van der Waals surface area contributed by atoms with Crippen LogP contribution in [0.3, 0.4) is 0 Å². The first-order chi connectivity index (χ1) is 9.97. The third-order valence-corrected chi connectivity index (χ3v) is 5.65. The van der Waals surface area contributed by atoms with E-state index in [1.807, 2.05) is 0 Å². The van der Waals surface area contributed by atoms with E-state index in [1.165, 1.54) is 32.1 Å². The Bertz CT molecular complexity index is 333. The molecule has 0 aromatic rings. The normalized spacial score (nSPS) is 27.5. The number of rotatable bonds is 5. The molecule has 21 heavy (non-hydrogen) atoms. The Morgan fingerprint density at radius 3 is 2.10 bits per heavy atom. The Kier molecular flexibility index (Phi) is 5.68. The van der Waals surface area contributed by atoms with Crippen LogP contribution in [0, 0.1) is 0 Å². The highest BCUT2D eigenvalue weighted by molar-refractivity contribution is 6.64. The van der Waals surface area contributed by atoms with E-state index in [2.05, 4.69) is 63.7 Å². The number of nitrogens with zero attached hydrogens (tertiary/aromatic N) is 2. The molecule has 3 heteroatoms. The molecule has 0 radical (unpaired) electrons. The lowest BCUT2D eigenvalue weighted by Gasteiger charge is -2.47. The zero-order valence-corrected chi connectivity index (χ0v) is 15.0. The molecule has 2 rings (SSSR count). The van der Waals surface area contributed by atoms with Crippen LogP contribution in [0.1, 0.15) is 73.6 Å². The summed E-state index contributed by atoms with van der Waals surface area (Å²) in [6.45, 7) is 15.0. The summed E-state index contributed by atoms with van der Waals surface area (Å²) < 4.78 is 0. The average Bonchev–Trinajstić information content (AvgIpc) is 2.84. The van der Waals surface area contributed by atoms with Gasteiger partial charge in [-0.3, -0.25) is 0 Å². The number of hydrogen-bond donors (Lipinski definition) is 0. The van der Waals surface area contributed by atoms with E-state index in [4.69, 9.17) is 0 Å². The van der Waals surface area contributed by atoms with Gasteiger partial charge < -0.3 is 9.80 Å². The fourth-order valence-corrected chi connectivity index (χ4v) is 4.63. The van der Waals surface area contributed by atoms with E-state index < -0.39 is 0 Å². The van der Waals surface area contributed by atoms with Crippen molar-refractivity contribution in [2.45, 2.75) is 103 Å². The largest absolute Gasteiger partial charge is 0.361 e. The van der Waals surface area contributed by atoms with Crippen molar-refractivity contribution in [3.63, 3.8) is 0 Å². The molecule has 2 unspecified atom stereocenters. The van der Waals surface area contributed by atoms with Crippen LogP contribution in [-0.2, 0) is 0 Å². The van der Waals surface area contributed by atoms with Gasteiger partial charge in [0.05, 0.1) is 6.07 Å². The van der Waals surface area contributed by atoms with Crippen molar-refractivity contribution in [3.05, 3.63) is 12.4 Å². The Morgan fingerprint density at radius 1 is 1.05 bits per heavy atom. The summed E-state index contributed by atoms with van der Waals surface area (Å²) in [5.74, 6) is 1.76. The molecule has 2 aliphatic rings. The molecule has 0 aromatic heterocycles. The molecule has 0 amide bonds. The van der Waals surface area contributed by atoms with Crippen LogP contribution < -0.4 is 0 Å². The van der Waals surface area contributed by atoms with Gasteiger partial charge in [0.2, 0.25) is 0 Å². The van der Waals surface area contributed by atoms with Crippen molar-refractivity contribution in [2.75, 3.05) is 0 Å². The first-order valence-corrected chi connectivity index (χ1v) is 9.20. The van der Waals surface area contributed by atoms with Gasteiger partial charge in [-0.1, -0.05) is 57.6 Å². The van der Waals surface area contributed by atoms with Crippen molar-refractivity contribution < 1.29 is 0 Å².